The molecule has 5 rings (SSSR count). The molecule has 1 aromatic carbocycles. The lowest BCUT2D eigenvalue weighted by atomic mass is 9.80. The van der Waals surface area contributed by atoms with E-state index < -0.39 is 40.8 Å². The summed E-state index contributed by atoms with van der Waals surface area (Å²) in [5, 5.41) is 1.79. The molecule has 4 heterocycles. The van der Waals surface area contributed by atoms with Crippen LogP contribution >= 0.6 is 11.3 Å². The Morgan fingerprint density at radius 3 is 2.53 bits per heavy atom. The molecule has 0 bridgehead atoms. The van der Waals surface area contributed by atoms with Crippen LogP contribution in [0.15, 0.2) is 66.8 Å². The highest BCUT2D eigenvalue weighted by Crippen LogP contribution is 2.40. The van der Waals surface area contributed by atoms with Gasteiger partial charge >= 0.3 is 12.1 Å². The number of carbonyl (C=O) groups excluding carboxylic acids is 3. The lowest BCUT2D eigenvalue weighted by molar-refractivity contribution is -0.159. The number of piperazine rings is 1. The predicted molar refractivity (Wildman–Crippen MR) is 178 cm³/mol. The van der Waals surface area contributed by atoms with Gasteiger partial charge in [0.2, 0.25) is 5.60 Å². The van der Waals surface area contributed by atoms with Crippen LogP contribution in [0, 0.1) is 6.92 Å². The van der Waals surface area contributed by atoms with Crippen LogP contribution in [-0.2, 0) is 20.5 Å². The number of aromatic nitrogens is 1. The molecular formula is C35H39F3N4O6S. The molecule has 2 aliphatic heterocycles. The number of hydrogen-bond donors (Lipinski definition) is 0. The van der Waals surface area contributed by atoms with E-state index in [2.05, 4.69) is 16.5 Å². The quantitative estimate of drug-likeness (QED) is 0.142. The maximum absolute atomic E-state index is 14.8. The summed E-state index contributed by atoms with van der Waals surface area (Å²) < 4.78 is 59.5. The molecule has 3 aromatic rings. The highest BCUT2D eigenvalue weighted by Gasteiger charge is 2.56. The summed E-state index contributed by atoms with van der Waals surface area (Å²) in [7, 11) is 0. The molecule has 2 aromatic heterocycles. The smallest absolute Gasteiger partial charge is 0.417 e. The zero-order chi connectivity index (χ0) is 35.2. The molecule has 2 atom stereocenters. The van der Waals surface area contributed by atoms with Gasteiger partial charge in [0.05, 0.1) is 22.9 Å². The number of anilines is 1. The average Bonchev–Trinajstić information content (AvgIpc) is 3.50. The van der Waals surface area contributed by atoms with Gasteiger partial charge < -0.3 is 28.9 Å². The van der Waals surface area contributed by atoms with Crippen molar-refractivity contribution in [2.75, 3.05) is 50.8 Å². The molecule has 0 unspecified atom stereocenters. The molecule has 262 valence electrons. The molecule has 0 saturated carbocycles. The standard InChI is InChI=1S/C35H39F3N4O6S/c1-4-8-31-34(48-26-21-24(2)49-23-26,12-7-14-42(31)32(44)27-22-39-13-11-28(27)35(36,37)38)33(45)41-17-15-40(16-18-41)29-9-5-6-10-30(29)47-20-19-46-25(3)43/h4-6,9-11,13,21-23,31H,1,7-8,12,14-20H2,2-3H3/t31-,34+/m1/s1. The molecule has 10 nitrogen and oxygen atoms in total. The highest BCUT2D eigenvalue weighted by atomic mass is 32.1. The third kappa shape index (κ3) is 8.01. The van der Waals surface area contributed by atoms with Crippen molar-refractivity contribution in [3.63, 3.8) is 0 Å². The van der Waals surface area contributed by atoms with Crippen LogP contribution in [0.4, 0.5) is 18.9 Å². The molecule has 2 saturated heterocycles. The maximum atomic E-state index is 14.8. The van der Waals surface area contributed by atoms with Crippen LogP contribution in [0.1, 0.15) is 47.0 Å². The molecule has 0 N–H and O–H groups in total. The first-order valence-electron chi connectivity index (χ1n) is 16.0. The number of nitrogens with zero attached hydrogens (tertiary/aromatic N) is 4. The van der Waals surface area contributed by atoms with Gasteiger partial charge in [0.15, 0.2) is 0 Å². The molecule has 2 aliphatic rings. The van der Waals surface area contributed by atoms with Crippen molar-refractivity contribution in [2.45, 2.75) is 50.9 Å². The molecule has 49 heavy (non-hydrogen) atoms. The van der Waals surface area contributed by atoms with Gasteiger partial charge in [-0.3, -0.25) is 19.4 Å². The number of alkyl halides is 3. The summed E-state index contributed by atoms with van der Waals surface area (Å²) in [5.41, 5.74) is -2.43. The van der Waals surface area contributed by atoms with Crippen LogP contribution in [-0.4, -0.2) is 90.1 Å². The van der Waals surface area contributed by atoms with Gasteiger partial charge in [0.1, 0.15) is 24.7 Å². The predicted octanol–water partition coefficient (Wildman–Crippen LogP) is 5.76. The van der Waals surface area contributed by atoms with Crippen LogP contribution in [0.2, 0.25) is 0 Å². The van der Waals surface area contributed by atoms with Crippen molar-refractivity contribution < 1.29 is 41.8 Å². The Bertz CT molecular complexity index is 1660. The van der Waals surface area contributed by atoms with Crippen molar-refractivity contribution in [1.29, 1.82) is 0 Å². The number of likely N-dealkylation sites (tertiary alicyclic amines) is 1. The second kappa shape index (κ2) is 15.3. The van der Waals surface area contributed by atoms with Crippen LogP contribution in [0.5, 0.6) is 11.5 Å². The number of carbonyl (C=O) groups is 3. The lowest BCUT2D eigenvalue weighted by Gasteiger charge is -2.50. The minimum atomic E-state index is -4.78. The van der Waals surface area contributed by atoms with E-state index >= 15 is 0 Å². The maximum Gasteiger partial charge on any atom is 0.417 e. The van der Waals surface area contributed by atoms with E-state index in [1.54, 1.807) is 16.4 Å². The fraction of sp³-hybridized carbons (Fsp3) is 0.429. The molecule has 14 heteroatoms. The Hall–Kier alpha value is -4.59. The fourth-order valence-corrected chi connectivity index (χ4v) is 7.06. The van der Waals surface area contributed by atoms with Gasteiger partial charge in [0, 0.05) is 68.7 Å². The van der Waals surface area contributed by atoms with Crippen LogP contribution in [0.25, 0.3) is 0 Å². The number of rotatable bonds is 11. The molecule has 2 fully saturated rings. The number of thiophene rings is 1. The molecule has 2 amide bonds. The summed E-state index contributed by atoms with van der Waals surface area (Å²) in [6.45, 7) is 9.09. The topological polar surface area (TPSA) is 102 Å². The number of hydrogen-bond acceptors (Lipinski definition) is 9. The van der Waals surface area contributed by atoms with E-state index in [4.69, 9.17) is 14.2 Å². The van der Waals surface area contributed by atoms with Gasteiger partial charge in [-0.2, -0.15) is 13.2 Å². The van der Waals surface area contributed by atoms with Crippen LogP contribution in [0.3, 0.4) is 0 Å². The third-order valence-electron chi connectivity index (χ3n) is 8.66. The number of benzene rings is 1. The first-order chi connectivity index (χ1) is 23.4. The second-order valence-corrected chi connectivity index (χ2v) is 13.0. The zero-order valence-corrected chi connectivity index (χ0v) is 28.2. The zero-order valence-electron chi connectivity index (χ0n) is 27.4. The van der Waals surface area contributed by atoms with E-state index in [1.165, 1.54) is 23.2 Å². The van der Waals surface area contributed by atoms with E-state index in [9.17, 15) is 27.6 Å². The molecule has 0 radical (unpaired) electrons. The van der Waals surface area contributed by atoms with Crippen molar-refractivity contribution >= 4 is 34.8 Å². The number of aryl methyl sites for hydroxylation is 1. The number of para-hydroxylation sites is 2. The summed E-state index contributed by atoms with van der Waals surface area (Å²) in [6, 6.07) is 9.13. The van der Waals surface area contributed by atoms with E-state index in [-0.39, 0.29) is 38.5 Å². The molecule has 0 spiro atoms. The first-order valence-corrected chi connectivity index (χ1v) is 16.9. The van der Waals surface area contributed by atoms with Crippen molar-refractivity contribution in [1.82, 2.24) is 14.8 Å². The number of amides is 2. The third-order valence-corrected chi connectivity index (χ3v) is 9.50. The number of ether oxygens (including phenoxy) is 3. The lowest BCUT2D eigenvalue weighted by Crippen LogP contribution is -2.69. The number of pyridine rings is 1. The number of halogens is 3. The fourth-order valence-electron chi connectivity index (χ4n) is 6.46. The largest absolute Gasteiger partial charge is 0.488 e. The Morgan fingerprint density at radius 1 is 1.10 bits per heavy atom. The van der Waals surface area contributed by atoms with E-state index in [0.29, 0.717) is 44.1 Å². The van der Waals surface area contributed by atoms with Gasteiger partial charge in [-0.15, -0.1) is 17.9 Å². The van der Waals surface area contributed by atoms with Crippen molar-refractivity contribution in [3.05, 3.63) is 82.8 Å². The van der Waals surface area contributed by atoms with Crippen LogP contribution < -0.4 is 14.4 Å². The summed E-state index contributed by atoms with van der Waals surface area (Å²) in [5.74, 6) is -0.534. The minimum Gasteiger partial charge on any atom is -0.488 e. The van der Waals surface area contributed by atoms with Crippen molar-refractivity contribution in [3.8, 4) is 11.5 Å². The summed E-state index contributed by atoms with van der Waals surface area (Å²) in [4.78, 5) is 49.8. The van der Waals surface area contributed by atoms with E-state index in [1.807, 2.05) is 37.3 Å². The Kier molecular flexibility index (Phi) is 11.2. The number of piperidine rings is 1. The van der Waals surface area contributed by atoms with Gasteiger partial charge in [-0.25, -0.2) is 0 Å². The second-order valence-electron chi connectivity index (χ2n) is 11.9. The summed E-state index contributed by atoms with van der Waals surface area (Å²) in [6.07, 6.45) is -0.601. The Labute approximate surface area is 287 Å². The van der Waals surface area contributed by atoms with Gasteiger partial charge in [-0.05, 0) is 44.0 Å². The SMILES string of the molecule is C=CC[C@H]1N(C(=O)c2cnccc2C(F)(F)F)CCC[C@@]1(Oc1csc(C)c1)C(=O)N1CCN(c2ccccc2OCCOC(C)=O)CC1. The first kappa shape index (κ1) is 35.7. The average molecular weight is 701 g/mol. The molecule has 0 aliphatic carbocycles. The van der Waals surface area contributed by atoms with Crippen molar-refractivity contribution in [2.24, 2.45) is 0 Å². The Balaban J connectivity index is 1.42. The highest BCUT2D eigenvalue weighted by molar-refractivity contribution is 7.10. The van der Waals surface area contributed by atoms with E-state index in [0.717, 1.165) is 29.0 Å². The minimum absolute atomic E-state index is 0.111. The Morgan fingerprint density at radius 2 is 1.86 bits per heavy atom. The monoisotopic (exact) mass is 700 g/mol. The van der Waals surface area contributed by atoms with Gasteiger partial charge in [-0.1, -0.05) is 18.2 Å². The van der Waals surface area contributed by atoms with Gasteiger partial charge in [0.25, 0.3) is 11.8 Å². The summed E-state index contributed by atoms with van der Waals surface area (Å²) >= 11 is 1.44. The normalized spacial score (nSPS) is 19.7. The molecular weight excluding hydrogens is 661 g/mol. The number of esters is 1.